The first-order chi connectivity index (χ1) is 22.1. The number of amides is 2. The van der Waals surface area contributed by atoms with E-state index in [1.54, 1.807) is 31.2 Å². The third-order valence-corrected chi connectivity index (χ3v) is 9.65. The first-order valence-electron chi connectivity index (χ1n) is 14.4. The summed E-state index contributed by atoms with van der Waals surface area (Å²) in [6.45, 7) is 1.45. The summed E-state index contributed by atoms with van der Waals surface area (Å²) in [5, 5.41) is 3.63. The molecule has 4 rings (SSSR count). The second kappa shape index (κ2) is 15.8. The van der Waals surface area contributed by atoms with Gasteiger partial charge in [-0.05, 0) is 60.5 Å². The fraction of sp³-hybridized carbons (Fsp3) is 0.235. The molecule has 0 saturated carbocycles. The molecule has 1 N–H and O–H groups in total. The molecule has 9 nitrogen and oxygen atoms in total. The second-order valence-electron chi connectivity index (χ2n) is 10.2. The average Bonchev–Trinajstić information content (AvgIpc) is 3.06. The van der Waals surface area contributed by atoms with Crippen molar-refractivity contribution in [2.75, 3.05) is 31.6 Å². The minimum atomic E-state index is -4.37. The maximum atomic E-state index is 14.5. The minimum absolute atomic E-state index is 0.0436. The lowest BCUT2D eigenvalue weighted by atomic mass is 10.0. The molecule has 0 spiro atoms. The Morgan fingerprint density at radius 1 is 0.848 bits per heavy atom. The maximum absolute atomic E-state index is 14.5. The molecule has 242 valence electrons. The number of sulfonamides is 1. The number of benzene rings is 4. The third-order valence-electron chi connectivity index (χ3n) is 7.26. The molecule has 1 unspecified atom stereocenters. The molecule has 0 aliphatic carbocycles. The Morgan fingerprint density at radius 3 is 2.13 bits per heavy atom. The molecule has 0 fully saturated rings. The van der Waals surface area contributed by atoms with Gasteiger partial charge in [-0.2, -0.15) is 0 Å². The molecular formula is C34H35Cl2N3O6S. The van der Waals surface area contributed by atoms with Crippen LogP contribution in [0.5, 0.6) is 11.5 Å². The SMILES string of the molecule is CCNC(=O)C(Cc1ccccc1)N(Cc1ccccc1Cl)C(=O)CN(c1ccc(Cl)cc1)S(=O)(=O)c1ccc(OC)c(OC)c1. The largest absolute Gasteiger partial charge is 0.493 e. The Balaban J connectivity index is 1.82. The lowest BCUT2D eigenvalue weighted by Gasteiger charge is -2.34. The van der Waals surface area contributed by atoms with Crippen LogP contribution in [0.3, 0.4) is 0 Å². The third kappa shape index (κ3) is 8.31. The fourth-order valence-electron chi connectivity index (χ4n) is 4.90. The van der Waals surface area contributed by atoms with Gasteiger partial charge < -0.3 is 19.7 Å². The quantitative estimate of drug-likeness (QED) is 0.175. The van der Waals surface area contributed by atoms with E-state index in [1.165, 1.54) is 61.6 Å². The van der Waals surface area contributed by atoms with Crippen LogP contribution in [0.4, 0.5) is 5.69 Å². The maximum Gasteiger partial charge on any atom is 0.264 e. The van der Waals surface area contributed by atoms with Crippen LogP contribution in [0.15, 0.2) is 102 Å². The average molecular weight is 685 g/mol. The molecule has 1 atom stereocenters. The van der Waals surface area contributed by atoms with Crippen LogP contribution in [0.25, 0.3) is 0 Å². The van der Waals surface area contributed by atoms with E-state index in [0.29, 0.717) is 27.9 Å². The summed E-state index contributed by atoms with van der Waals surface area (Å²) in [4.78, 5) is 29.3. The Hall–Kier alpha value is -4.25. The van der Waals surface area contributed by atoms with Gasteiger partial charge in [0.1, 0.15) is 12.6 Å². The highest BCUT2D eigenvalue weighted by molar-refractivity contribution is 7.92. The Bertz CT molecular complexity index is 1750. The molecular weight excluding hydrogens is 649 g/mol. The number of ether oxygens (including phenoxy) is 2. The highest BCUT2D eigenvalue weighted by atomic mass is 35.5. The standard InChI is InChI=1S/C34H35Cl2N3O6S/c1-4-37-34(41)30(20-24-10-6-5-7-11-24)38(22-25-12-8-9-13-29(25)36)33(40)23-39(27-16-14-26(35)15-17-27)46(42,43)28-18-19-31(44-2)32(21-28)45-3/h5-19,21,30H,4,20,22-23H2,1-3H3,(H,37,41). The van der Waals surface area contributed by atoms with Gasteiger partial charge in [0.15, 0.2) is 11.5 Å². The Morgan fingerprint density at radius 2 is 1.50 bits per heavy atom. The zero-order valence-electron chi connectivity index (χ0n) is 25.7. The monoisotopic (exact) mass is 683 g/mol. The van der Waals surface area contributed by atoms with Crippen LogP contribution in [0, 0.1) is 0 Å². The van der Waals surface area contributed by atoms with Crippen molar-refractivity contribution < 1.29 is 27.5 Å². The van der Waals surface area contributed by atoms with Crippen molar-refractivity contribution in [3.63, 3.8) is 0 Å². The number of hydrogen-bond acceptors (Lipinski definition) is 6. The second-order valence-corrected chi connectivity index (χ2v) is 12.9. The van der Waals surface area contributed by atoms with E-state index in [1.807, 2.05) is 30.3 Å². The van der Waals surface area contributed by atoms with Gasteiger partial charge in [-0.15, -0.1) is 0 Å². The summed E-state index contributed by atoms with van der Waals surface area (Å²) in [7, 11) is -1.53. The molecule has 0 aliphatic rings. The van der Waals surface area contributed by atoms with Crippen LogP contribution in [-0.2, 0) is 32.6 Å². The molecule has 0 heterocycles. The summed E-state index contributed by atoms with van der Waals surface area (Å²) < 4.78 is 40.2. The van der Waals surface area contributed by atoms with Crippen molar-refractivity contribution in [1.82, 2.24) is 10.2 Å². The first-order valence-corrected chi connectivity index (χ1v) is 16.6. The van der Waals surface area contributed by atoms with Crippen LogP contribution >= 0.6 is 23.2 Å². The molecule has 0 bridgehead atoms. The summed E-state index contributed by atoms with van der Waals surface area (Å²) in [6.07, 6.45) is 0.187. The summed E-state index contributed by atoms with van der Waals surface area (Å²) in [5.74, 6) is -0.462. The Labute approximate surface area is 279 Å². The first kappa shape index (κ1) is 34.6. The zero-order valence-corrected chi connectivity index (χ0v) is 28.0. The number of methoxy groups -OCH3 is 2. The number of nitrogens with one attached hydrogen (secondary N) is 1. The van der Waals surface area contributed by atoms with E-state index in [-0.39, 0.29) is 35.2 Å². The smallest absolute Gasteiger partial charge is 0.264 e. The van der Waals surface area contributed by atoms with Crippen LogP contribution < -0.4 is 19.1 Å². The predicted molar refractivity (Wildman–Crippen MR) is 180 cm³/mol. The number of rotatable bonds is 14. The number of likely N-dealkylation sites (N-methyl/N-ethyl adjacent to an activating group) is 1. The van der Waals surface area contributed by atoms with Gasteiger partial charge in [0.05, 0.1) is 24.8 Å². The van der Waals surface area contributed by atoms with Gasteiger partial charge in [0, 0.05) is 35.6 Å². The van der Waals surface area contributed by atoms with Gasteiger partial charge in [-0.1, -0.05) is 71.7 Å². The van der Waals surface area contributed by atoms with Crippen LogP contribution in [-0.4, -0.2) is 58.5 Å². The molecule has 0 saturated heterocycles. The predicted octanol–water partition coefficient (Wildman–Crippen LogP) is 5.98. The van der Waals surface area contributed by atoms with Crippen LogP contribution in [0.2, 0.25) is 10.0 Å². The molecule has 0 radical (unpaired) electrons. The molecule has 0 aromatic heterocycles. The van der Waals surface area contributed by atoms with Gasteiger partial charge in [0.2, 0.25) is 11.8 Å². The normalized spacial score (nSPS) is 11.8. The van der Waals surface area contributed by atoms with E-state index in [0.717, 1.165) is 9.87 Å². The number of carbonyl (C=O) groups excluding carboxylic acids is 2. The van der Waals surface area contributed by atoms with Crippen molar-refractivity contribution in [2.45, 2.75) is 30.8 Å². The topological polar surface area (TPSA) is 105 Å². The van der Waals surface area contributed by atoms with Gasteiger partial charge in [0.25, 0.3) is 10.0 Å². The van der Waals surface area contributed by atoms with E-state index in [4.69, 9.17) is 32.7 Å². The van der Waals surface area contributed by atoms with E-state index >= 15 is 0 Å². The molecule has 4 aromatic carbocycles. The van der Waals surface area contributed by atoms with E-state index in [9.17, 15) is 18.0 Å². The van der Waals surface area contributed by atoms with Crippen molar-refractivity contribution in [2.24, 2.45) is 0 Å². The highest BCUT2D eigenvalue weighted by Gasteiger charge is 2.35. The van der Waals surface area contributed by atoms with Gasteiger partial charge in [-0.3, -0.25) is 13.9 Å². The van der Waals surface area contributed by atoms with Crippen molar-refractivity contribution in [3.05, 3.63) is 118 Å². The van der Waals surface area contributed by atoms with Crippen molar-refractivity contribution in [1.29, 1.82) is 0 Å². The number of hydrogen-bond donors (Lipinski definition) is 1. The summed E-state index contributed by atoms with van der Waals surface area (Å²) in [6, 6.07) is 25.6. The molecule has 4 aromatic rings. The minimum Gasteiger partial charge on any atom is -0.493 e. The van der Waals surface area contributed by atoms with Crippen LogP contribution in [0.1, 0.15) is 18.1 Å². The number of carbonyl (C=O) groups is 2. The number of nitrogens with zero attached hydrogens (tertiary/aromatic N) is 2. The van der Waals surface area contributed by atoms with E-state index < -0.39 is 28.5 Å². The molecule has 46 heavy (non-hydrogen) atoms. The zero-order chi connectivity index (χ0) is 33.3. The van der Waals surface area contributed by atoms with E-state index in [2.05, 4.69) is 5.32 Å². The highest BCUT2D eigenvalue weighted by Crippen LogP contribution is 2.33. The fourth-order valence-corrected chi connectivity index (χ4v) is 6.65. The van der Waals surface area contributed by atoms with Crippen molar-refractivity contribution in [3.8, 4) is 11.5 Å². The van der Waals surface area contributed by atoms with Gasteiger partial charge >= 0.3 is 0 Å². The summed E-state index contributed by atoms with van der Waals surface area (Å²) in [5.41, 5.74) is 1.62. The number of anilines is 1. The van der Waals surface area contributed by atoms with Crippen molar-refractivity contribution >= 4 is 50.7 Å². The Kier molecular flexibility index (Phi) is 11.9. The number of halogens is 2. The molecule has 12 heteroatoms. The molecule has 0 aliphatic heterocycles. The summed E-state index contributed by atoms with van der Waals surface area (Å²) >= 11 is 12.7. The lowest BCUT2D eigenvalue weighted by molar-refractivity contribution is -0.140. The van der Waals surface area contributed by atoms with Gasteiger partial charge in [-0.25, -0.2) is 8.42 Å². The molecule has 2 amide bonds. The lowest BCUT2D eigenvalue weighted by Crippen LogP contribution is -2.53.